The van der Waals surface area contributed by atoms with E-state index >= 15 is 0 Å². The highest BCUT2D eigenvalue weighted by atomic mass is 16.7. The van der Waals surface area contributed by atoms with Gasteiger partial charge in [0.15, 0.2) is 18.7 Å². The Morgan fingerprint density at radius 3 is 1.67 bits per heavy atom. The highest BCUT2D eigenvalue weighted by Gasteiger charge is 2.47. The Kier molecular flexibility index (Phi) is 25.1. The number of aliphatic hydroxyl groups is 7. The third kappa shape index (κ3) is 18.8. The predicted octanol–water partition coefficient (Wildman–Crippen LogP) is 2.19. The van der Waals surface area contributed by atoms with Crippen molar-refractivity contribution in [1.82, 2.24) is 0 Å². The lowest BCUT2D eigenvalue weighted by atomic mass is 9.98. The Morgan fingerprint density at radius 2 is 1.11 bits per heavy atom. The van der Waals surface area contributed by atoms with Crippen LogP contribution in [-0.4, -0.2) is 142 Å². The molecule has 0 spiro atoms. The van der Waals surface area contributed by atoms with Gasteiger partial charge in [0.1, 0.15) is 55.4 Å². The Bertz CT molecular complexity index is 1200. The van der Waals surface area contributed by atoms with Crippen LogP contribution in [-0.2, 0) is 38.0 Å². The molecule has 0 aromatic heterocycles. The third-order valence-corrected chi connectivity index (χ3v) is 8.76. The maximum atomic E-state index is 12.7. The van der Waals surface area contributed by atoms with E-state index in [1.807, 2.05) is 19.1 Å². The van der Waals surface area contributed by atoms with E-state index in [1.165, 1.54) is 0 Å². The van der Waals surface area contributed by atoms with Crippen molar-refractivity contribution in [3.8, 4) is 0 Å². The van der Waals surface area contributed by atoms with Crippen LogP contribution in [0.15, 0.2) is 60.8 Å². The van der Waals surface area contributed by atoms with Crippen LogP contribution in [0.5, 0.6) is 0 Å². The minimum absolute atomic E-state index is 0.0828. The van der Waals surface area contributed by atoms with Gasteiger partial charge in [-0.05, 0) is 51.4 Å². The molecule has 2 fully saturated rings. The lowest BCUT2D eigenvalue weighted by Gasteiger charge is -2.42. The van der Waals surface area contributed by atoms with Gasteiger partial charge in [-0.2, -0.15) is 0 Å². The first-order valence-electron chi connectivity index (χ1n) is 19.4. The van der Waals surface area contributed by atoms with Crippen molar-refractivity contribution in [2.24, 2.45) is 0 Å². The van der Waals surface area contributed by atoms with Gasteiger partial charge in [-0.1, -0.05) is 81.0 Å². The molecule has 0 saturated carbocycles. The normalized spacial score (nSPS) is 29.6. The van der Waals surface area contributed by atoms with Crippen LogP contribution >= 0.6 is 0 Å². The molecule has 55 heavy (non-hydrogen) atoms. The molecule has 2 heterocycles. The zero-order chi connectivity index (χ0) is 40.4. The molecule has 0 radical (unpaired) electrons. The lowest BCUT2D eigenvalue weighted by molar-refractivity contribution is -0.332. The van der Waals surface area contributed by atoms with Crippen molar-refractivity contribution >= 4 is 11.9 Å². The minimum atomic E-state index is -1.77. The molecular formula is C40H64O15. The molecule has 15 nitrogen and oxygen atoms in total. The van der Waals surface area contributed by atoms with Crippen molar-refractivity contribution in [1.29, 1.82) is 0 Å². The van der Waals surface area contributed by atoms with Gasteiger partial charge in [-0.15, -0.1) is 0 Å². The summed E-state index contributed by atoms with van der Waals surface area (Å²) in [5, 5.41) is 71.3. The van der Waals surface area contributed by atoms with E-state index in [4.69, 9.17) is 28.4 Å². The van der Waals surface area contributed by atoms with Gasteiger partial charge < -0.3 is 64.2 Å². The second-order valence-electron chi connectivity index (χ2n) is 13.4. The van der Waals surface area contributed by atoms with E-state index in [9.17, 15) is 45.3 Å². The Morgan fingerprint density at radius 1 is 0.600 bits per heavy atom. The second-order valence-corrected chi connectivity index (χ2v) is 13.4. The smallest absolute Gasteiger partial charge is 0.306 e. The van der Waals surface area contributed by atoms with Crippen LogP contribution in [0.25, 0.3) is 0 Å². The number of esters is 2. The summed E-state index contributed by atoms with van der Waals surface area (Å²) in [4.78, 5) is 24.9. The fourth-order valence-corrected chi connectivity index (χ4v) is 5.46. The van der Waals surface area contributed by atoms with Crippen molar-refractivity contribution in [3.63, 3.8) is 0 Å². The quantitative estimate of drug-likeness (QED) is 0.0379. The summed E-state index contributed by atoms with van der Waals surface area (Å²) in [6, 6.07) is 0. The first-order valence-corrected chi connectivity index (χ1v) is 19.4. The van der Waals surface area contributed by atoms with Crippen LogP contribution in [0.3, 0.4) is 0 Å². The second kappa shape index (κ2) is 28.6. The number of rotatable bonds is 26. The minimum Gasteiger partial charge on any atom is -0.462 e. The van der Waals surface area contributed by atoms with Crippen LogP contribution < -0.4 is 0 Å². The van der Waals surface area contributed by atoms with E-state index in [0.717, 1.165) is 38.5 Å². The van der Waals surface area contributed by atoms with Gasteiger partial charge in [-0.3, -0.25) is 9.59 Å². The van der Waals surface area contributed by atoms with Gasteiger partial charge in [0.05, 0.1) is 19.8 Å². The summed E-state index contributed by atoms with van der Waals surface area (Å²) in [5.74, 6) is -1.05. The molecular weight excluding hydrogens is 720 g/mol. The SMILES string of the molecule is CC/C=C\C/C=C\C/C=C\C/C=C\C/C=C\CCCC(=O)OC(COC(=O)CCCC)COC1OC(COC2OC(CO)C(O)C(O)C2O)C(O)C(O)C1O. The molecule has 2 saturated heterocycles. The van der Waals surface area contributed by atoms with Gasteiger partial charge >= 0.3 is 11.9 Å². The van der Waals surface area contributed by atoms with Crippen molar-refractivity contribution in [2.75, 3.05) is 26.4 Å². The fraction of sp³-hybridized carbons (Fsp3) is 0.700. The Labute approximate surface area is 324 Å². The fourth-order valence-electron chi connectivity index (χ4n) is 5.46. The van der Waals surface area contributed by atoms with Gasteiger partial charge in [0.2, 0.25) is 0 Å². The maximum absolute atomic E-state index is 12.7. The molecule has 2 rings (SSSR count). The van der Waals surface area contributed by atoms with E-state index < -0.39 is 99.3 Å². The number of carbonyl (C=O) groups is 2. The topological polar surface area (TPSA) is 231 Å². The molecule has 314 valence electrons. The third-order valence-electron chi connectivity index (χ3n) is 8.76. The number of aliphatic hydroxyl groups excluding tert-OH is 7. The molecule has 2 aliphatic heterocycles. The average Bonchev–Trinajstić information content (AvgIpc) is 3.18. The zero-order valence-corrected chi connectivity index (χ0v) is 32.1. The van der Waals surface area contributed by atoms with Crippen LogP contribution in [0, 0.1) is 0 Å². The summed E-state index contributed by atoms with van der Waals surface area (Å²) < 4.78 is 32.9. The average molecular weight is 785 g/mol. The molecule has 0 aromatic carbocycles. The highest BCUT2D eigenvalue weighted by molar-refractivity contribution is 5.70. The summed E-state index contributed by atoms with van der Waals surface area (Å²) in [6.07, 6.45) is 11.4. The summed E-state index contributed by atoms with van der Waals surface area (Å²) in [7, 11) is 0. The predicted molar refractivity (Wildman–Crippen MR) is 201 cm³/mol. The molecule has 0 aromatic rings. The molecule has 0 bridgehead atoms. The van der Waals surface area contributed by atoms with E-state index in [-0.39, 0.29) is 19.4 Å². The molecule has 0 aliphatic carbocycles. The molecule has 7 N–H and O–H groups in total. The van der Waals surface area contributed by atoms with Crippen molar-refractivity contribution in [3.05, 3.63) is 60.8 Å². The van der Waals surface area contributed by atoms with Crippen LogP contribution in [0.2, 0.25) is 0 Å². The molecule has 11 unspecified atom stereocenters. The molecule has 2 aliphatic rings. The Hall–Kier alpha value is -2.80. The maximum Gasteiger partial charge on any atom is 0.306 e. The zero-order valence-electron chi connectivity index (χ0n) is 32.1. The van der Waals surface area contributed by atoms with Crippen molar-refractivity contribution < 1.29 is 73.8 Å². The summed E-state index contributed by atoms with van der Waals surface area (Å²) >= 11 is 0. The number of allylic oxidation sites excluding steroid dienone is 10. The number of carbonyl (C=O) groups excluding carboxylic acids is 2. The number of hydrogen-bond donors (Lipinski definition) is 7. The first-order chi connectivity index (χ1) is 26.5. The van der Waals surface area contributed by atoms with E-state index in [0.29, 0.717) is 19.3 Å². The van der Waals surface area contributed by atoms with Crippen LogP contribution in [0.4, 0.5) is 0 Å². The molecule has 0 amide bonds. The van der Waals surface area contributed by atoms with E-state index in [2.05, 4.69) is 55.5 Å². The van der Waals surface area contributed by atoms with Crippen LogP contribution in [0.1, 0.15) is 84.5 Å². The lowest BCUT2D eigenvalue weighted by Crippen LogP contribution is -2.61. The summed E-state index contributed by atoms with van der Waals surface area (Å²) in [6.45, 7) is 2.07. The number of ether oxygens (including phenoxy) is 6. The molecule has 15 heteroatoms. The van der Waals surface area contributed by atoms with Crippen molar-refractivity contribution in [2.45, 2.75) is 152 Å². The number of unbranched alkanes of at least 4 members (excludes halogenated alkanes) is 2. The number of hydrogen-bond acceptors (Lipinski definition) is 15. The standard InChI is InChI=1S/C40H64O15/c1-3-5-7-8-9-10-11-12-13-14-15-16-17-18-19-20-21-23-32(43)53-28(25-50-31(42)22-6-4-2)26-51-39-38(49)36(47)34(45)30(55-39)27-52-40-37(48)35(46)33(44)29(24-41)54-40/h5,7,9-10,12-13,15-16,18-19,28-30,33-41,44-49H,3-4,6,8,11,14,17,20-27H2,1-2H3/b7-5-,10-9-,13-12-,16-15-,19-18-. The van der Waals surface area contributed by atoms with E-state index in [1.54, 1.807) is 0 Å². The molecule has 11 atom stereocenters. The summed E-state index contributed by atoms with van der Waals surface area (Å²) in [5.41, 5.74) is 0. The first kappa shape index (κ1) is 48.3. The van der Waals surface area contributed by atoms with Gasteiger partial charge in [-0.25, -0.2) is 0 Å². The van der Waals surface area contributed by atoms with Gasteiger partial charge in [0, 0.05) is 12.8 Å². The monoisotopic (exact) mass is 784 g/mol. The highest BCUT2D eigenvalue weighted by Crippen LogP contribution is 2.26. The Balaban J connectivity index is 1.84. The van der Waals surface area contributed by atoms with Gasteiger partial charge in [0.25, 0.3) is 0 Å². The largest absolute Gasteiger partial charge is 0.462 e.